The molecule has 2 aromatic carbocycles. The van der Waals surface area contributed by atoms with Gasteiger partial charge < -0.3 is 20.3 Å². The average molecular weight is 406 g/mol. The van der Waals surface area contributed by atoms with Crippen molar-refractivity contribution in [1.82, 2.24) is 9.97 Å². The van der Waals surface area contributed by atoms with Crippen LogP contribution in [0.25, 0.3) is 0 Å². The molecule has 0 unspecified atom stereocenters. The topological polar surface area (TPSA) is 79.4 Å². The van der Waals surface area contributed by atoms with Crippen molar-refractivity contribution in [2.75, 3.05) is 35.7 Å². The van der Waals surface area contributed by atoms with Crippen molar-refractivity contribution in [3.8, 4) is 5.75 Å². The average Bonchev–Trinajstić information content (AvgIpc) is 2.75. The number of hydrogen-bond donors (Lipinski definition) is 2. The minimum absolute atomic E-state index is 0.223. The first-order chi connectivity index (χ1) is 14.5. The summed E-state index contributed by atoms with van der Waals surface area (Å²) in [4.78, 5) is 23.8. The number of rotatable bonds is 8. The zero-order valence-electron chi connectivity index (χ0n) is 17.8. The van der Waals surface area contributed by atoms with Crippen molar-refractivity contribution in [3.05, 3.63) is 65.9 Å². The molecular weight excluding hydrogens is 378 g/mol. The van der Waals surface area contributed by atoms with Gasteiger partial charge in [-0.05, 0) is 57.2 Å². The van der Waals surface area contributed by atoms with Crippen molar-refractivity contribution < 1.29 is 9.53 Å². The van der Waals surface area contributed by atoms with Gasteiger partial charge in [0, 0.05) is 36.2 Å². The summed E-state index contributed by atoms with van der Waals surface area (Å²) < 4.78 is 5.25. The number of carbonyl (C=O) groups is 1. The molecule has 0 saturated carbocycles. The third-order valence-corrected chi connectivity index (χ3v) is 4.68. The molecule has 1 amide bonds. The van der Waals surface area contributed by atoms with Crippen LogP contribution in [0, 0.1) is 6.92 Å². The predicted molar refractivity (Wildman–Crippen MR) is 121 cm³/mol. The molecule has 2 N–H and O–H groups in total. The highest BCUT2D eigenvalue weighted by Crippen LogP contribution is 2.22. The maximum absolute atomic E-state index is 12.5. The number of amides is 1. The van der Waals surface area contributed by atoms with Crippen LogP contribution in [-0.2, 0) is 0 Å². The first-order valence-electron chi connectivity index (χ1n) is 9.96. The second kappa shape index (κ2) is 9.73. The standard InChI is InChI=1S/C23H27N5O2/c1-5-28(6-2)21-15-16(3)24-23(27-21)26-18-13-11-17(12-14-18)25-22(29)19-9-7-8-10-20(19)30-4/h7-15H,5-6H2,1-4H3,(H,25,29)(H,24,26,27). The van der Waals surface area contributed by atoms with Crippen LogP contribution in [0.15, 0.2) is 54.6 Å². The van der Waals surface area contributed by atoms with Crippen molar-refractivity contribution in [3.63, 3.8) is 0 Å². The number of aryl methyl sites for hydroxylation is 1. The van der Waals surface area contributed by atoms with Crippen LogP contribution in [0.4, 0.5) is 23.1 Å². The number of ether oxygens (including phenoxy) is 1. The van der Waals surface area contributed by atoms with Crippen LogP contribution in [0.3, 0.4) is 0 Å². The maximum Gasteiger partial charge on any atom is 0.259 e. The molecule has 7 heteroatoms. The Labute approximate surface area is 177 Å². The van der Waals surface area contributed by atoms with Gasteiger partial charge in [-0.3, -0.25) is 4.79 Å². The van der Waals surface area contributed by atoms with Gasteiger partial charge in [-0.1, -0.05) is 12.1 Å². The van der Waals surface area contributed by atoms with Crippen molar-refractivity contribution in [2.45, 2.75) is 20.8 Å². The Balaban J connectivity index is 1.71. The maximum atomic E-state index is 12.5. The molecule has 0 aliphatic heterocycles. The first kappa shape index (κ1) is 21.1. The molecule has 0 atom stereocenters. The number of methoxy groups -OCH3 is 1. The minimum Gasteiger partial charge on any atom is -0.496 e. The highest BCUT2D eigenvalue weighted by Gasteiger charge is 2.12. The Morgan fingerprint density at radius 3 is 2.33 bits per heavy atom. The molecule has 0 aliphatic carbocycles. The molecule has 0 aliphatic rings. The predicted octanol–water partition coefficient (Wildman–Crippen LogP) is 4.64. The summed E-state index contributed by atoms with van der Waals surface area (Å²) in [6.07, 6.45) is 0. The summed E-state index contributed by atoms with van der Waals surface area (Å²) >= 11 is 0. The number of aromatic nitrogens is 2. The fourth-order valence-corrected chi connectivity index (χ4v) is 3.11. The van der Waals surface area contributed by atoms with E-state index < -0.39 is 0 Å². The van der Waals surface area contributed by atoms with E-state index in [-0.39, 0.29) is 5.91 Å². The lowest BCUT2D eigenvalue weighted by Crippen LogP contribution is -2.23. The van der Waals surface area contributed by atoms with Gasteiger partial charge >= 0.3 is 0 Å². The van der Waals surface area contributed by atoms with E-state index in [1.807, 2.05) is 43.3 Å². The number of hydrogen-bond acceptors (Lipinski definition) is 6. The lowest BCUT2D eigenvalue weighted by atomic mass is 10.2. The molecule has 0 radical (unpaired) electrons. The molecular formula is C23H27N5O2. The van der Waals surface area contributed by atoms with Gasteiger partial charge in [0.25, 0.3) is 5.91 Å². The van der Waals surface area contributed by atoms with Gasteiger partial charge in [0.15, 0.2) is 0 Å². The summed E-state index contributed by atoms with van der Waals surface area (Å²) in [6, 6.07) is 16.5. The van der Waals surface area contributed by atoms with Gasteiger partial charge in [-0.15, -0.1) is 0 Å². The summed E-state index contributed by atoms with van der Waals surface area (Å²) in [7, 11) is 1.55. The van der Waals surface area contributed by atoms with Gasteiger partial charge in [0.05, 0.1) is 12.7 Å². The van der Waals surface area contributed by atoms with E-state index in [2.05, 4.69) is 39.3 Å². The smallest absolute Gasteiger partial charge is 0.259 e. The van der Waals surface area contributed by atoms with Crippen LogP contribution < -0.4 is 20.3 Å². The van der Waals surface area contributed by atoms with Crippen LogP contribution in [-0.4, -0.2) is 36.1 Å². The van der Waals surface area contributed by atoms with E-state index in [9.17, 15) is 4.79 Å². The van der Waals surface area contributed by atoms with Crippen molar-refractivity contribution in [2.24, 2.45) is 0 Å². The molecule has 0 fully saturated rings. The Hall–Kier alpha value is -3.61. The Morgan fingerprint density at radius 1 is 1.00 bits per heavy atom. The van der Waals surface area contributed by atoms with E-state index in [4.69, 9.17) is 4.74 Å². The Kier molecular flexibility index (Phi) is 6.85. The van der Waals surface area contributed by atoms with Gasteiger partial charge in [-0.25, -0.2) is 4.98 Å². The molecule has 156 valence electrons. The van der Waals surface area contributed by atoms with Crippen molar-refractivity contribution >= 4 is 29.0 Å². The van der Waals surface area contributed by atoms with E-state index in [1.165, 1.54) is 0 Å². The fraction of sp³-hybridized carbons (Fsp3) is 0.261. The minimum atomic E-state index is -0.223. The second-order valence-corrected chi connectivity index (χ2v) is 6.72. The molecule has 0 bridgehead atoms. The second-order valence-electron chi connectivity index (χ2n) is 6.72. The molecule has 0 saturated heterocycles. The van der Waals surface area contributed by atoms with Gasteiger partial charge in [-0.2, -0.15) is 4.98 Å². The van der Waals surface area contributed by atoms with E-state index in [1.54, 1.807) is 25.3 Å². The summed E-state index contributed by atoms with van der Waals surface area (Å²) in [5.74, 6) is 1.76. The van der Waals surface area contributed by atoms with E-state index in [0.717, 1.165) is 30.3 Å². The number of para-hydroxylation sites is 1. The van der Waals surface area contributed by atoms with Gasteiger partial charge in [0.2, 0.25) is 5.95 Å². The third-order valence-electron chi connectivity index (χ3n) is 4.68. The summed E-state index contributed by atoms with van der Waals surface area (Å²) in [5, 5.41) is 6.12. The Bertz CT molecular complexity index is 1000. The Morgan fingerprint density at radius 2 is 1.67 bits per heavy atom. The molecule has 30 heavy (non-hydrogen) atoms. The van der Waals surface area contributed by atoms with Crippen molar-refractivity contribution in [1.29, 1.82) is 0 Å². The number of anilines is 4. The molecule has 3 rings (SSSR count). The zero-order chi connectivity index (χ0) is 21.5. The third kappa shape index (κ3) is 5.05. The van der Waals surface area contributed by atoms with Crippen LogP contribution in [0.2, 0.25) is 0 Å². The van der Waals surface area contributed by atoms with Crippen LogP contribution in [0.1, 0.15) is 29.9 Å². The number of nitrogens with zero attached hydrogens (tertiary/aromatic N) is 3. The quantitative estimate of drug-likeness (QED) is 0.569. The lowest BCUT2D eigenvalue weighted by molar-refractivity contribution is 0.102. The summed E-state index contributed by atoms with van der Waals surface area (Å²) in [6.45, 7) is 7.93. The fourth-order valence-electron chi connectivity index (χ4n) is 3.11. The number of benzene rings is 2. The lowest BCUT2D eigenvalue weighted by Gasteiger charge is -2.20. The highest BCUT2D eigenvalue weighted by atomic mass is 16.5. The van der Waals surface area contributed by atoms with E-state index in [0.29, 0.717) is 22.9 Å². The van der Waals surface area contributed by atoms with E-state index >= 15 is 0 Å². The normalized spacial score (nSPS) is 10.4. The molecule has 0 spiro atoms. The monoisotopic (exact) mass is 405 g/mol. The molecule has 7 nitrogen and oxygen atoms in total. The molecule has 1 aromatic heterocycles. The first-order valence-corrected chi connectivity index (χ1v) is 9.96. The summed E-state index contributed by atoms with van der Waals surface area (Å²) in [5.41, 5.74) is 2.90. The zero-order valence-corrected chi connectivity index (χ0v) is 17.8. The number of nitrogens with one attached hydrogen (secondary N) is 2. The largest absolute Gasteiger partial charge is 0.496 e. The van der Waals surface area contributed by atoms with Crippen LogP contribution in [0.5, 0.6) is 5.75 Å². The molecule has 1 heterocycles. The highest BCUT2D eigenvalue weighted by molar-refractivity contribution is 6.06. The SMILES string of the molecule is CCN(CC)c1cc(C)nc(Nc2ccc(NC(=O)c3ccccc3OC)cc2)n1. The number of carbonyl (C=O) groups excluding carboxylic acids is 1. The van der Waals surface area contributed by atoms with Gasteiger partial charge in [0.1, 0.15) is 11.6 Å². The molecule has 3 aromatic rings. The van der Waals surface area contributed by atoms with Crippen LogP contribution >= 0.6 is 0 Å².